The predicted molar refractivity (Wildman–Crippen MR) is 79.9 cm³/mol. The summed E-state index contributed by atoms with van der Waals surface area (Å²) in [5.74, 6) is -0.973. The van der Waals surface area contributed by atoms with Crippen LogP contribution in [0.15, 0.2) is 41.2 Å². The van der Waals surface area contributed by atoms with Crippen LogP contribution in [0.2, 0.25) is 0 Å². The first-order valence-corrected chi connectivity index (χ1v) is 7.04. The lowest BCUT2D eigenvalue weighted by Gasteiger charge is -2.10. The van der Waals surface area contributed by atoms with Crippen LogP contribution in [0.4, 0.5) is 18.9 Å². The Kier molecular flexibility index (Phi) is 5.22. The summed E-state index contributed by atoms with van der Waals surface area (Å²) in [5.41, 5.74) is -0.0229. The lowest BCUT2D eigenvalue weighted by molar-refractivity contribution is -0.274. The normalized spacial score (nSPS) is 11.2. The van der Waals surface area contributed by atoms with E-state index in [1.165, 1.54) is 28.9 Å². The number of nitrogens with one attached hydrogen (secondary N) is 1. The van der Waals surface area contributed by atoms with Crippen LogP contribution in [0.5, 0.6) is 5.75 Å². The highest BCUT2D eigenvalue weighted by atomic mass is 19.4. The number of anilines is 1. The summed E-state index contributed by atoms with van der Waals surface area (Å²) in [5, 5.41) is 6.43. The molecule has 2 rings (SSSR count). The Morgan fingerprint density at radius 3 is 2.46 bits per heavy atom. The molecule has 0 bridgehead atoms. The van der Waals surface area contributed by atoms with E-state index >= 15 is 0 Å². The third-order valence-corrected chi connectivity index (χ3v) is 2.88. The van der Waals surface area contributed by atoms with E-state index in [2.05, 4.69) is 15.2 Å². The fourth-order valence-corrected chi connectivity index (χ4v) is 1.88. The smallest absolute Gasteiger partial charge is 0.406 e. The molecule has 0 aliphatic carbocycles. The van der Waals surface area contributed by atoms with Crippen LogP contribution in [0.1, 0.15) is 23.8 Å². The Morgan fingerprint density at radius 1 is 1.21 bits per heavy atom. The van der Waals surface area contributed by atoms with Gasteiger partial charge in [0.25, 0.3) is 11.5 Å². The van der Waals surface area contributed by atoms with Crippen molar-refractivity contribution in [2.75, 3.05) is 5.32 Å². The predicted octanol–water partition coefficient (Wildman–Crippen LogP) is 2.80. The number of amides is 1. The van der Waals surface area contributed by atoms with Gasteiger partial charge >= 0.3 is 6.36 Å². The van der Waals surface area contributed by atoms with Gasteiger partial charge in [-0.15, -0.1) is 13.2 Å². The Labute approximate surface area is 134 Å². The van der Waals surface area contributed by atoms with Crippen LogP contribution >= 0.6 is 0 Å². The molecule has 1 aromatic carbocycles. The highest BCUT2D eigenvalue weighted by Crippen LogP contribution is 2.24. The minimum absolute atomic E-state index is 0.0265. The molecule has 1 amide bonds. The van der Waals surface area contributed by atoms with Crippen LogP contribution < -0.4 is 15.6 Å². The zero-order valence-corrected chi connectivity index (χ0v) is 12.6. The summed E-state index contributed by atoms with van der Waals surface area (Å²) in [6.07, 6.45) is -4.10. The molecular weight excluding hydrogens is 327 g/mol. The number of alkyl halides is 3. The van der Waals surface area contributed by atoms with E-state index in [0.29, 0.717) is 13.0 Å². The molecule has 9 heteroatoms. The van der Waals surface area contributed by atoms with Gasteiger partial charge in [-0.25, -0.2) is 4.68 Å². The number of aryl methyl sites for hydroxylation is 1. The fraction of sp³-hybridized carbons (Fsp3) is 0.267. The molecule has 6 nitrogen and oxygen atoms in total. The summed E-state index contributed by atoms with van der Waals surface area (Å²) in [6, 6.07) is 7.20. The van der Waals surface area contributed by atoms with Crippen molar-refractivity contribution in [3.8, 4) is 5.75 Å². The van der Waals surface area contributed by atoms with Gasteiger partial charge in [0.05, 0.1) is 0 Å². The topological polar surface area (TPSA) is 73.2 Å². The van der Waals surface area contributed by atoms with Crippen molar-refractivity contribution in [2.45, 2.75) is 26.3 Å². The molecule has 0 atom stereocenters. The molecule has 1 N–H and O–H groups in total. The molecule has 0 aliphatic rings. The van der Waals surface area contributed by atoms with Gasteiger partial charge in [0, 0.05) is 18.3 Å². The third-order valence-electron chi connectivity index (χ3n) is 2.88. The zero-order chi connectivity index (χ0) is 17.7. The average Bonchev–Trinajstić information content (AvgIpc) is 2.50. The van der Waals surface area contributed by atoms with Crippen LogP contribution in [-0.2, 0) is 6.54 Å². The number of nitrogens with zero attached hydrogens (tertiary/aromatic N) is 2. The lowest BCUT2D eigenvalue weighted by atomic mass is 10.3. The summed E-state index contributed by atoms with van der Waals surface area (Å²) < 4.78 is 41.2. The van der Waals surface area contributed by atoms with Crippen molar-refractivity contribution in [1.82, 2.24) is 9.78 Å². The monoisotopic (exact) mass is 341 g/mol. The van der Waals surface area contributed by atoms with E-state index in [4.69, 9.17) is 0 Å². The molecule has 0 saturated carbocycles. The third kappa shape index (κ3) is 4.83. The van der Waals surface area contributed by atoms with Crippen molar-refractivity contribution < 1.29 is 22.7 Å². The molecule has 1 heterocycles. The van der Waals surface area contributed by atoms with Crippen molar-refractivity contribution in [3.63, 3.8) is 0 Å². The molecule has 0 saturated heterocycles. The van der Waals surface area contributed by atoms with Gasteiger partial charge in [-0.1, -0.05) is 6.92 Å². The molecule has 2 aromatic rings. The minimum atomic E-state index is -4.78. The Hall–Kier alpha value is -2.84. The highest BCUT2D eigenvalue weighted by molar-refractivity contribution is 6.02. The number of carbonyl (C=O) groups is 1. The zero-order valence-electron chi connectivity index (χ0n) is 12.6. The second-order valence-corrected chi connectivity index (χ2v) is 4.81. The Bertz CT molecular complexity index is 770. The van der Waals surface area contributed by atoms with Gasteiger partial charge in [0.15, 0.2) is 0 Å². The number of hydrogen-bond acceptors (Lipinski definition) is 4. The number of carbonyl (C=O) groups excluding carboxylic acids is 1. The molecule has 0 unspecified atom stereocenters. The summed E-state index contributed by atoms with van der Waals surface area (Å²) in [4.78, 5) is 23.7. The van der Waals surface area contributed by atoms with Crippen molar-refractivity contribution in [1.29, 1.82) is 0 Å². The van der Waals surface area contributed by atoms with E-state index in [-0.39, 0.29) is 16.9 Å². The van der Waals surface area contributed by atoms with E-state index in [0.717, 1.165) is 12.1 Å². The molecule has 0 fully saturated rings. The largest absolute Gasteiger partial charge is 0.573 e. The van der Waals surface area contributed by atoms with Gasteiger partial charge < -0.3 is 10.1 Å². The number of rotatable bonds is 5. The lowest BCUT2D eigenvalue weighted by Crippen LogP contribution is -2.26. The van der Waals surface area contributed by atoms with Gasteiger partial charge in [0.2, 0.25) is 0 Å². The molecule has 1 aromatic heterocycles. The second kappa shape index (κ2) is 7.16. The summed E-state index contributed by atoms with van der Waals surface area (Å²) >= 11 is 0. The highest BCUT2D eigenvalue weighted by Gasteiger charge is 2.30. The number of halogens is 3. The van der Waals surface area contributed by atoms with Gasteiger partial charge in [-0.3, -0.25) is 9.59 Å². The van der Waals surface area contributed by atoms with E-state index in [1.807, 2.05) is 6.92 Å². The molecule has 0 spiro atoms. The van der Waals surface area contributed by atoms with Crippen molar-refractivity contribution in [3.05, 3.63) is 52.4 Å². The van der Waals surface area contributed by atoms with Gasteiger partial charge in [0.1, 0.15) is 11.4 Å². The van der Waals surface area contributed by atoms with Gasteiger partial charge in [-0.05, 0) is 36.8 Å². The summed E-state index contributed by atoms with van der Waals surface area (Å²) in [6.45, 7) is 2.24. The molecule has 0 radical (unpaired) electrons. The van der Waals surface area contributed by atoms with Gasteiger partial charge in [-0.2, -0.15) is 5.10 Å². The minimum Gasteiger partial charge on any atom is -0.406 e. The first kappa shape index (κ1) is 17.5. The van der Waals surface area contributed by atoms with E-state index in [1.54, 1.807) is 0 Å². The maximum Gasteiger partial charge on any atom is 0.573 e. The second-order valence-electron chi connectivity index (χ2n) is 4.81. The first-order valence-electron chi connectivity index (χ1n) is 7.04. The quantitative estimate of drug-likeness (QED) is 0.908. The van der Waals surface area contributed by atoms with E-state index in [9.17, 15) is 22.8 Å². The van der Waals surface area contributed by atoms with Crippen LogP contribution in [0, 0.1) is 0 Å². The fourth-order valence-electron chi connectivity index (χ4n) is 1.88. The maximum atomic E-state index is 12.1. The van der Waals surface area contributed by atoms with Crippen LogP contribution in [-0.4, -0.2) is 22.1 Å². The molecule has 128 valence electrons. The number of aromatic nitrogens is 2. The molecular formula is C15H14F3N3O3. The van der Waals surface area contributed by atoms with Crippen molar-refractivity contribution in [2.24, 2.45) is 0 Å². The number of ether oxygens (including phenoxy) is 1. The Balaban J connectivity index is 2.09. The maximum absolute atomic E-state index is 12.1. The standard InChI is InChI=1S/C15H14F3N3O3/c1-2-9-21-13(22)8-7-12(20-21)14(23)19-10-3-5-11(6-4-10)24-15(16,17)18/h3-8H,2,9H2,1H3,(H,19,23). The number of benzene rings is 1. The molecule has 0 aliphatic heterocycles. The SMILES string of the molecule is CCCn1nc(C(=O)Nc2ccc(OC(F)(F)F)cc2)ccc1=O. The average molecular weight is 341 g/mol. The van der Waals surface area contributed by atoms with E-state index < -0.39 is 18.0 Å². The first-order chi connectivity index (χ1) is 11.3. The Morgan fingerprint density at radius 2 is 1.88 bits per heavy atom. The summed E-state index contributed by atoms with van der Waals surface area (Å²) in [7, 11) is 0. The van der Waals surface area contributed by atoms with Crippen molar-refractivity contribution >= 4 is 11.6 Å². The molecule has 24 heavy (non-hydrogen) atoms. The van der Waals surface area contributed by atoms with Crippen LogP contribution in [0.25, 0.3) is 0 Å². The van der Waals surface area contributed by atoms with Crippen LogP contribution in [0.3, 0.4) is 0 Å². The number of hydrogen-bond donors (Lipinski definition) is 1.